The highest BCUT2D eigenvalue weighted by Crippen LogP contribution is 2.65. The van der Waals surface area contributed by atoms with Gasteiger partial charge in [0.1, 0.15) is 0 Å². The number of rotatable bonds is 7. The monoisotopic (exact) mass is 819 g/mol. The molecule has 0 spiro atoms. The number of anilines is 3. The van der Waals surface area contributed by atoms with Crippen molar-refractivity contribution in [3.05, 3.63) is 229 Å². The largest absolute Gasteiger partial charge is 0.311 e. The number of benzene rings is 9. The first-order valence-electron chi connectivity index (χ1n) is 22.6. The second-order valence-electron chi connectivity index (χ2n) is 17.7. The highest BCUT2D eigenvalue weighted by Gasteiger charge is 2.48. The Morgan fingerprint density at radius 1 is 0.516 bits per heavy atom. The summed E-state index contributed by atoms with van der Waals surface area (Å²) in [6.07, 6.45) is 5.64. The van der Waals surface area contributed by atoms with Gasteiger partial charge in [-0.2, -0.15) is 0 Å². The van der Waals surface area contributed by atoms with E-state index in [-0.39, 0.29) is 0 Å². The lowest BCUT2D eigenvalue weighted by molar-refractivity contribution is 0.988. The van der Waals surface area contributed by atoms with Crippen molar-refractivity contribution >= 4 is 66.5 Å². The Kier molecular flexibility index (Phi) is 8.23. The molecule has 2 heterocycles. The van der Waals surface area contributed by atoms with Crippen molar-refractivity contribution < 1.29 is 0 Å². The van der Waals surface area contributed by atoms with Crippen molar-refractivity contribution in [1.82, 2.24) is 9.13 Å². The van der Waals surface area contributed by atoms with Crippen molar-refractivity contribution in [3.8, 4) is 33.8 Å². The lowest BCUT2D eigenvalue weighted by atomic mass is 9.88. The topological polar surface area (TPSA) is 13.1 Å². The first kappa shape index (κ1) is 36.7. The Bertz CT molecular complexity index is 3640. The number of allylic oxidation sites excluding steroid dienone is 1. The number of nitrogens with zero attached hydrogens (tertiary/aromatic N) is 3. The molecule has 1 saturated carbocycles. The fourth-order valence-corrected chi connectivity index (χ4v) is 11.1. The molecule has 2 aliphatic carbocycles. The van der Waals surface area contributed by atoms with Crippen molar-refractivity contribution in [2.75, 3.05) is 4.90 Å². The van der Waals surface area contributed by atoms with Crippen molar-refractivity contribution in [2.45, 2.75) is 32.1 Å². The van der Waals surface area contributed by atoms with Gasteiger partial charge in [-0.1, -0.05) is 145 Å². The fraction of sp³-hybridized carbons (Fsp3) is 0.0820. The van der Waals surface area contributed by atoms with Gasteiger partial charge in [-0.3, -0.25) is 0 Å². The zero-order valence-corrected chi connectivity index (χ0v) is 35.9. The molecule has 0 N–H and O–H groups in total. The molecule has 2 aromatic heterocycles. The predicted molar refractivity (Wildman–Crippen MR) is 270 cm³/mol. The van der Waals surface area contributed by atoms with Gasteiger partial charge in [0.05, 0.1) is 22.4 Å². The second-order valence-corrected chi connectivity index (χ2v) is 17.7. The number of fused-ring (bicyclic) bond motifs is 13. The lowest BCUT2D eigenvalue weighted by Gasteiger charge is -2.26. The highest BCUT2D eigenvalue weighted by atomic mass is 15.1. The molecule has 0 bridgehead atoms. The molecule has 0 saturated heterocycles. The van der Waals surface area contributed by atoms with E-state index in [1.54, 1.807) is 0 Å². The van der Waals surface area contributed by atoms with Crippen LogP contribution in [0.2, 0.25) is 0 Å². The zero-order valence-electron chi connectivity index (χ0n) is 35.9. The van der Waals surface area contributed by atoms with Crippen LogP contribution < -0.4 is 4.90 Å². The molecule has 0 aliphatic heterocycles. The van der Waals surface area contributed by atoms with Crippen LogP contribution in [0.4, 0.5) is 17.1 Å². The molecule has 304 valence electrons. The van der Waals surface area contributed by atoms with Crippen LogP contribution in [0.1, 0.15) is 47.6 Å². The molecular formula is C61H45N3. The minimum absolute atomic E-state index is 0.556. The summed E-state index contributed by atoms with van der Waals surface area (Å²) in [5.41, 5.74) is 18.7. The summed E-state index contributed by atoms with van der Waals surface area (Å²) in [6, 6.07) is 74.2. The Morgan fingerprint density at radius 2 is 1.11 bits per heavy atom. The van der Waals surface area contributed by atoms with Gasteiger partial charge in [0, 0.05) is 55.7 Å². The van der Waals surface area contributed by atoms with Gasteiger partial charge in [0.15, 0.2) is 0 Å². The van der Waals surface area contributed by atoms with E-state index in [1.807, 2.05) is 0 Å². The minimum atomic E-state index is 0.556. The van der Waals surface area contributed by atoms with Crippen LogP contribution in [-0.4, -0.2) is 9.13 Å². The van der Waals surface area contributed by atoms with Crippen LogP contribution in [0.3, 0.4) is 0 Å². The van der Waals surface area contributed by atoms with Crippen LogP contribution in [-0.2, 0) is 0 Å². The summed E-state index contributed by atoms with van der Waals surface area (Å²) in [5.74, 6) is 1.16. The predicted octanol–water partition coefficient (Wildman–Crippen LogP) is 16.6. The zero-order chi connectivity index (χ0) is 42.5. The Morgan fingerprint density at radius 3 is 1.83 bits per heavy atom. The van der Waals surface area contributed by atoms with Gasteiger partial charge in [0.25, 0.3) is 0 Å². The Hall–Kier alpha value is -7.88. The molecular weight excluding hydrogens is 775 g/mol. The molecule has 13 rings (SSSR count). The van der Waals surface area contributed by atoms with Crippen LogP contribution in [0, 0.1) is 6.92 Å². The summed E-state index contributed by atoms with van der Waals surface area (Å²) < 4.78 is 5.01. The molecule has 0 amide bonds. The third kappa shape index (κ3) is 5.53. The van der Waals surface area contributed by atoms with E-state index in [4.69, 9.17) is 0 Å². The van der Waals surface area contributed by atoms with Gasteiger partial charge in [0.2, 0.25) is 0 Å². The summed E-state index contributed by atoms with van der Waals surface area (Å²) >= 11 is 0. The molecule has 0 radical (unpaired) electrons. The van der Waals surface area contributed by atoms with Crippen LogP contribution in [0.25, 0.3) is 83.2 Å². The summed E-state index contributed by atoms with van der Waals surface area (Å²) in [5, 5.41) is 7.78. The van der Waals surface area contributed by atoms with Crippen molar-refractivity contribution in [1.29, 1.82) is 0 Å². The fourth-order valence-electron chi connectivity index (χ4n) is 11.1. The van der Waals surface area contributed by atoms with Crippen LogP contribution in [0.5, 0.6) is 0 Å². The first-order valence-corrected chi connectivity index (χ1v) is 22.6. The number of hydrogen-bond donors (Lipinski definition) is 0. The van der Waals surface area contributed by atoms with E-state index in [0.29, 0.717) is 11.8 Å². The minimum Gasteiger partial charge on any atom is -0.311 e. The van der Waals surface area contributed by atoms with Gasteiger partial charge >= 0.3 is 0 Å². The number of aryl methyl sites for hydroxylation is 1. The molecule has 2 unspecified atom stereocenters. The summed E-state index contributed by atoms with van der Waals surface area (Å²) in [7, 11) is 0. The highest BCUT2D eigenvalue weighted by molar-refractivity contribution is 6.15. The third-order valence-electron chi connectivity index (χ3n) is 14.0. The lowest BCUT2D eigenvalue weighted by Crippen LogP contribution is -2.10. The maximum Gasteiger partial charge on any atom is 0.0619 e. The second kappa shape index (κ2) is 14.3. The van der Waals surface area contributed by atoms with Gasteiger partial charge in [-0.25, -0.2) is 0 Å². The average Bonchev–Trinajstić information content (AvgIpc) is 3.98. The van der Waals surface area contributed by atoms with Crippen LogP contribution >= 0.6 is 0 Å². The Labute approximate surface area is 373 Å². The molecule has 2 aliphatic rings. The SMILES string of the molecule is C/C=C\c1c(-c2ccccc2)c2ccc3ccccc3c2n1-c1ccc(N(c2ccc(C)cc2)c2ccc(-n3c4c(c5c6ccccc6ccc53)C3CC3c3ccccc3-4)cc2)cc1. The molecule has 3 nitrogen and oxygen atoms in total. The van der Waals surface area contributed by atoms with E-state index < -0.39 is 0 Å². The molecule has 1 fully saturated rings. The smallest absolute Gasteiger partial charge is 0.0619 e. The van der Waals surface area contributed by atoms with E-state index >= 15 is 0 Å². The van der Waals surface area contributed by atoms with E-state index in [2.05, 4.69) is 240 Å². The third-order valence-corrected chi connectivity index (χ3v) is 14.0. The van der Waals surface area contributed by atoms with E-state index in [0.717, 1.165) is 22.7 Å². The maximum atomic E-state index is 2.55. The number of aromatic nitrogens is 2. The molecule has 3 heteroatoms. The first-order chi connectivity index (χ1) is 31.6. The molecule has 11 aromatic rings. The van der Waals surface area contributed by atoms with E-state index in [1.165, 1.54) is 100 Å². The van der Waals surface area contributed by atoms with Gasteiger partial charge in [-0.15, -0.1) is 0 Å². The standard InChI is InChI=1S/C61H45N3/c1-3-13-55-57(42-16-5-4-6-17-42)52-36-24-41-15-8-10-19-49(41)60(52)63(55)46-32-28-44(29-33-46)62(43-26-22-39(2)23-27-43)45-30-34-47(35-31-45)64-56-37-25-40-14-7-9-18-48(40)58(56)59-54-38-53(54)50-20-11-12-21-51(50)61(59)64/h3-37,53-54H,38H2,1-2H3/b13-3-. The molecule has 64 heavy (non-hydrogen) atoms. The Balaban J connectivity index is 0.966. The summed E-state index contributed by atoms with van der Waals surface area (Å²) in [6.45, 7) is 4.27. The van der Waals surface area contributed by atoms with E-state index in [9.17, 15) is 0 Å². The quantitative estimate of drug-likeness (QED) is 0.156. The summed E-state index contributed by atoms with van der Waals surface area (Å²) in [4.78, 5) is 2.39. The van der Waals surface area contributed by atoms with Crippen LogP contribution in [0.15, 0.2) is 206 Å². The number of hydrogen-bond acceptors (Lipinski definition) is 1. The maximum absolute atomic E-state index is 2.55. The van der Waals surface area contributed by atoms with Crippen molar-refractivity contribution in [2.24, 2.45) is 0 Å². The average molecular weight is 820 g/mol. The normalized spacial score (nSPS) is 15.2. The molecule has 2 atom stereocenters. The van der Waals surface area contributed by atoms with Gasteiger partial charge < -0.3 is 14.0 Å². The van der Waals surface area contributed by atoms with Crippen molar-refractivity contribution in [3.63, 3.8) is 0 Å². The van der Waals surface area contributed by atoms with Gasteiger partial charge in [-0.05, 0) is 138 Å². The molecule has 9 aromatic carbocycles.